The SMILES string of the molecule is CC(C)(C)CCS(=O)(=O)NC(=O)C1CC(=O)N(Cc2cccc(C(F)(F)F)c2)C1. The first-order valence-corrected chi connectivity index (χ1v) is 10.8. The lowest BCUT2D eigenvalue weighted by molar-refractivity contribution is -0.137. The zero-order valence-electron chi connectivity index (χ0n) is 16.5. The highest BCUT2D eigenvalue weighted by atomic mass is 32.2. The van der Waals surface area contributed by atoms with Crippen molar-refractivity contribution in [1.29, 1.82) is 0 Å². The number of carbonyl (C=O) groups excluding carboxylic acids is 2. The molecule has 2 rings (SSSR count). The first-order valence-electron chi connectivity index (χ1n) is 9.14. The summed E-state index contributed by atoms with van der Waals surface area (Å²) in [5.41, 5.74) is -0.754. The number of rotatable bonds is 6. The molecule has 1 atom stereocenters. The Kier molecular flexibility index (Phi) is 6.66. The standard InChI is InChI=1S/C19H25F3N2O4S/c1-18(2,3)7-8-29(27,28)23-17(26)14-10-16(25)24(12-14)11-13-5-4-6-15(9-13)19(20,21)22/h4-6,9,14H,7-8,10-12H2,1-3H3,(H,23,26). The number of likely N-dealkylation sites (tertiary alicyclic amines) is 1. The van der Waals surface area contributed by atoms with Gasteiger partial charge in [0.2, 0.25) is 21.8 Å². The molecule has 1 N–H and O–H groups in total. The van der Waals surface area contributed by atoms with Crippen LogP contribution < -0.4 is 4.72 Å². The van der Waals surface area contributed by atoms with Gasteiger partial charge in [-0.1, -0.05) is 32.9 Å². The van der Waals surface area contributed by atoms with Gasteiger partial charge >= 0.3 is 6.18 Å². The summed E-state index contributed by atoms with van der Waals surface area (Å²) in [6.45, 7) is 5.52. The minimum atomic E-state index is -4.49. The number of hydrogen-bond donors (Lipinski definition) is 1. The number of alkyl halides is 3. The number of carbonyl (C=O) groups is 2. The largest absolute Gasteiger partial charge is 0.416 e. The van der Waals surface area contributed by atoms with Crippen LogP contribution >= 0.6 is 0 Å². The van der Waals surface area contributed by atoms with E-state index in [1.807, 2.05) is 25.5 Å². The predicted octanol–water partition coefficient (Wildman–Crippen LogP) is 2.94. The minimum absolute atomic E-state index is 0.0459. The van der Waals surface area contributed by atoms with Crippen molar-refractivity contribution >= 4 is 21.8 Å². The van der Waals surface area contributed by atoms with E-state index >= 15 is 0 Å². The highest BCUT2D eigenvalue weighted by Gasteiger charge is 2.36. The van der Waals surface area contributed by atoms with Crippen molar-refractivity contribution in [2.75, 3.05) is 12.3 Å². The molecule has 29 heavy (non-hydrogen) atoms. The molecule has 1 heterocycles. The Balaban J connectivity index is 1.99. The lowest BCUT2D eigenvalue weighted by atomic mass is 9.94. The molecule has 2 amide bonds. The molecule has 0 aliphatic carbocycles. The molecule has 10 heteroatoms. The summed E-state index contributed by atoms with van der Waals surface area (Å²) >= 11 is 0. The van der Waals surface area contributed by atoms with Crippen molar-refractivity contribution in [3.05, 3.63) is 35.4 Å². The van der Waals surface area contributed by atoms with Gasteiger partial charge in [-0.3, -0.25) is 14.3 Å². The summed E-state index contributed by atoms with van der Waals surface area (Å²) in [4.78, 5) is 25.7. The highest BCUT2D eigenvalue weighted by molar-refractivity contribution is 7.90. The van der Waals surface area contributed by atoms with E-state index in [0.717, 1.165) is 12.1 Å². The third-order valence-electron chi connectivity index (χ3n) is 4.59. The van der Waals surface area contributed by atoms with Gasteiger partial charge in [-0.15, -0.1) is 0 Å². The molecule has 0 aromatic heterocycles. The lowest BCUT2D eigenvalue weighted by Crippen LogP contribution is -2.38. The van der Waals surface area contributed by atoms with Gasteiger partial charge in [0, 0.05) is 19.5 Å². The normalized spacial score (nSPS) is 18.2. The fourth-order valence-corrected chi connectivity index (χ4v) is 4.35. The Morgan fingerprint density at radius 1 is 1.24 bits per heavy atom. The quantitative estimate of drug-likeness (QED) is 0.746. The molecular weight excluding hydrogens is 409 g/mol. The van der Waals surface area contributed by atoms with E-state index in [2.05, 4.69) is 0 Å². The van der Waals surface area contributed by atoms with Crippen LogP contribution in [0, 0.1) is 11.3 Å². The Bertz CT molecular complexity index is 876. The summed E-state index contributed by atoms with van der Waals surface area (Å²) in [5, 5.41) is 0. The number of sulfonamides is 1. The van der Waals surface area contributed by atoms with Crippen molar-refractivity contribution in [3.63, 3.8) is 0 Å². The van der Waals surface area contributed by atoms with Crippen molar-refractivity contribution in [2.45, 2.75) is 46.3 Å². The van der Waals surface area contributed by atoms with Crippen LogP contribution in [0.15, 0.2) is 24.3 Å². The fourth-order valence-electron chi connectivity index (χ4n) is 2.90. The summed E-state index contributed by atoms with van der Waals surface area (Å²) in [7, 11) is -3.82. The molecule has 0 radical (unpaired) electrons. The van der Waals surface area contributed by atoms with E-state index < -0.39 is 39.5 Å². The third kappa shape index (κ3) is 7.02. The fraction of sp³-hybridized carbons (Fsp3) is 0.579. The monoisotopic (exact) mass is 434 g/mol. The van der Waals surface area contributed by atoms with Crippen molar-refractivity contribution in [1.82, 2.24) is 9.62 Å². The number of nitrogens with one attached hydrogen (secondary N) is 1. The van der Waals surface area contributed by atoms with Crippen LogP contribution in [0.25, 0.3) is 0 Å². The second kappa shape index (κ2) is 8.33. The van der Waals surface area contributed by atoms with E-state index in [1.54, 1.807) is 0 Å². The number of hydrogen-bond acceptors (Lipinski definition) is 4. The molecule has 1 aromatic carbocycles. The topological polar surface area (TPSA) is 83.5 Å². The van der Waals surface area contributed by atoms with Crippen LogP contribution in [0.3, 0.4) is 0 Å². The third-order valence-corrected chi connectivity index (χ3v) is 5.84. The molecule has 1 aliphatic heterocycles. The van der Waals surface area contributed by atoms with Gasteiger partial charge in [0.15, 0.2) is 0 Å². The zero-order chi connectivity index (χ0) is 22.0. The van der Waals surface area contributed by atoms with Gasteiger partial charge in [0.1, 0.15) is 0 Å². The maximum Gasteiger partial charge on any atom is 0.416 e. The Morgan fingerprint density at radius 2 is 1.90 bits per heavy atom. The van der Waals surface area contributed by atoms with Crippen LogP contribution in [0.5, 0.6) is 0 Å². The summed E-state index contributed by atoms with van der Waals surface area (Å²) < 4.78 is 64.7. The number of nitrogens with zero attached hydrogens (tertiary/aromatic N) is 1. The number of amides is 2. The Labute approximate surface area is 168 Å². The molecule has 0 spiro atoms. The molecule has 6 nitrogen and oxygen atoms in total. The molecule has 1 fully saturated rings. The Morgan fingerprint density at radius 3 is 2.48 bits per heavy atom. The van der Waals surface area contributed by atoms with Crippen LogP contribution in [0.2, 0.25) is 0 Å². The Hall–Kier alpha value is -2.10. The smallest absolute Gasteiger partial charge is 0.338 e. The average molecular weight is 434 g/mol. The molecular formula is C19H25F3N2O4S. The van der Waals surface area contributed by atoms with Gasteiger partial charge in [0.25, 0.3) is 0 Å². The first-order chi connectivity index (χ1) is 13.2. The first kappa shape index (κ1) is 23.2. The molecule has 0 bridgehead atoms. The second-order valence-electron chi connectivity index (χ2n) is 8.47. The van der Waals surface area contributed by atoms with Crippen LogP contribution in [-0.2, 0) is 32.3 Å². The second-order valence-corrected chi connectivity index (χ2v) is 10.3. The van der Waals surface area contributed by atoms with Gasteiger partial charge in [0.05, 0.1) is 17.2 Å². The van der Waals surface area contributed by atoms with Gasteiger partial charge < -0.3 is 4.90 Å². The maximum atomic E-state index is 12.8. The van der Waals surface area contributed by atoms with Gasteiger partial charge in [-0.25, -0.2) is 8.42 Å². The molecule has 1 aliphatic rings. The lowest BCUT2D eigenvalue weighted by Gasteiger charge is -2.19. The summed E-state index contributed by atoms with van der Waals surface area (Å²) in [5.74, 6) is -2.25. The zero-order valence-corrected chi connectivity index (χ0v) is 17.4. The minimum Gasteiger partial charge on any atom is -0.338 e. The molecule has 162 valence electrons. The molecule has 1 aromatic rings. The highest BCUT2D eigenvalue weighted by Crippen LogP contribution is 2.30. The maximum absolute atomic E-state index is 12.8. The van der Waals surface area contributed by atoms with E-state index in [-0.39, 0.29) is 36.2 Å². The van der Waals surface area contributed by atoms with Crippen LogP contribution in [0.4, 0.5) is 13.2 Å². The van der Waals surface area contributed by atoms with E-state index in [4.69, 9.17) is 0 Å². The molecule has 1 saturated heterocycles. The van der Waals surface area contributed by atoms with Crippen LogP contribution in [0.1, 0.15) is 44.7 Å². The van der Waals surface area contributed by atoms with Gasteiger partial charge in [-0.05, 0) is 29.5 Å². The van der Waals surface area contributed by atoms with E-state index in [0.29, 0.717) is 6.42 Å². The van der Waals surface area contributed by atoms with Crippen molar-refractivity contribution in [3.8, 4) is 0 Å². The summed E-state index contributed by atoms with van der Waals surface area (Å²) in [6, 6.07) is 4.61. The van der Waals surface area contributed by atoms with Crippen molar-refractivity contribution in [2.24, 2.45) is 11.3 Å². The van der Waals surface area contributed by atoms with E-state index in [1.165, 1.54) is 17.0 Å². The number of benzene rings is 1. The summed E-state index contributed by atoms with van der Waals surface area (Å²) in [6.07, 6.45) is -4.31. The number of halogens is 3. The van der Waals surface area contributed by atoms with Crippen LogP contribution in [-0.4, -0.2) is 37.4 Å². The van der Waals surface area contributed by atoms with Crippen molar-refractivity contribution < 1.29 is 31.2 Å². The van der Waals surface area contributed by atoms with Gasteiger partial charge in [-0.2, -0.15) is 13.2 Å². The molecule has 1 unspecified atom stereocenters. The predicted molar refractivity (Wildman–Crippen MR) is 101 cm³/mol. The average Bonchev–Trinajstić information content (AvgIpc) is 2.93. The molecule has 0 saturated carbocycles. The van der Waals surface area contributed by atoms with E-state index in [9.17, 15) is 31.2 Å².